The van der Waals surface area contributed by atoms with E-state index in [1.807, 2.05) is 6.08 Å². The first kappa shape index (κ1) is 9.21. The van der Waals surface area contributed by atoms with Gasteiger partial charge in [-0.2, -0.15) is 0 Å². The highest BCUT2D eigenvalue weighted by atomic mass is 16.1. The van der Waals surface area contributed by atoms with E-state index in [1.165, 1.54) is 38.2 Å². The van der Waals surface area contributed by atoms with Gasteiger partial charge in [-0.15, -0.1) is 0 Å². The van der Waals surface area contributed by atoms with E-state index in [0.717, 1.165) is 5.92 Å². The Hall–Kier alpha value is -0.880. The quantitative estimate of drug-likeness (QED) is 0.359. The van der Waals surface area contributed by atoms with E-state index in [1.54, 1.807) is 0 Å². The molecule has 2 heteroatoms. The summed E-state index contributed by atoms with van der Waals surface area (Å²) in [4.78, 5) is 13.2. The molecule has 1 rings (SSSR count). The first-order valence-electron chi connectivity index (χ1n) is 4.64. The molecular weight excluding hydrogens is 150 g/mol. The van der Waals surface area contributed by atoms with Gasteiger partial charge in [0.2, 0.25) is 6.08 Å². The van der Waals surface area contributed by atoms with Gasteiger partial charge in [0, 0.05) is 0 Å². The first-order chi connectivity index (χ1) is 5.93. The van der Waals surface area contributed by atoms with Gasteiger partial charge < -0.3 is 0 Å². The number of hydrogen-bond acceptors (Lipinski definition) is 2. The molecule has 2 nitrogen and oxygen atoms in total. The van der Waals surface area contributed by atoms with Crippen molar-refractivity contribution in [3.05, 3.63) is 12.2 Å². The van der Waals surface area contributed by atoms with Crippen molar-refractivity contribution in [2.45, 2.75) is 32.1 Å². The van der Waals surface area contributed by atoms with Crippen LogP contribution in [0.2, 0.25) is 0 Å². The van der Waals surface area contributed by atoms with Crippen LogP contribution < -0.4 is 0 Å². The fourth-order valence-corrected chi connectivity index (χ4v) is 1.67. The summed E-state index contributed by atoms with van der Waals surface area (Å²) >= 11 is 0. The number of nitrogens with zero attached hydrogens (tertiary/aromatic N) is 1. The van der Waals surface area contributed by atoms with Crippen LogP contribution in [0.4, 0.5) is 0 Å². The Balaban J connectivity index is 2.19. The summed E-state index contributed by atoms with van der Waals surface area (Å²) in [7, 11) is 0. The zero-order valence-corrected chi connectivity index (χ0v) is 7.33. The van der Waals surface area contributed by atoms with Crippen molar-refractivity contribution in [1.29, 1.82) is 0 Å². The van der Waals surface area contributed by atoms with Crippen LogP contribution in [-0.4, -0.2) is 12.6 Å². The second-order valence-corrected chi connectivity index (χ2v) is 3.26. The highest BCUT2D eigenvalue weighted by Gasteiger charge is 2.08. The fraction of sp³-hybridized carbons (Fsp3) is 0.700. The SMILES string of the molecule is O=C=NC/C=C\C1CCCCC1. The predicted molar refractivity (Wildman–Crippen MR) is 48.7 cm³/mol. The molecule has 1 aliphatic rings. The number of rotatable bonds is 3. The maximum absolute atomic E-state index is 9.73. The molecule has 0 N–H and O–H groups in total. The van der Waals surface area contributed by atoms with Crippen molar-refractivity contribution in [1.82, 2.24) is 0 Å². The van der Waals surface area contributed by atoms with Gasteiger partial charge >= 0.3 is 0 Å². The molecule has 0 amide bonds. The number of carbonyl (C=O) groups excluding carboxylic acids is 1. The zero-order valence-electron chi connectivity index (χ0n) is 7.33. The van der Waals surface area contributed by atoms with Crippen LogP contribution in [-0.2, 0) is 4.79 Å². The van der Waals surface area contributed by atoms with Crippen LogP contribution in [0.3, 0.4) is 0 Å². The predicted octanol–water partition coefficient (Wildman–Crippen LogP) is 2.46. The molecule has 1 aliphatic carbocycles. The van der Waals surface area contributed by atoms with Gasteiger partial charge in [0.15, 0.2) is 0 Å². The Morgan fingerprint density at radius 1 is 1.33 bits per heavy atom. The molecule has 0 radical (unpaired) electrons. The van der Waals surface area contributed by atoms with Gasteiger partial charge in [0.05, 0.1) is 6.54 Å². The molecule has 0 aromatic carbocycles. The van der Waals surface area contributed by atoms with Crippen LogP contribution in [0.25, 0.3) is 0 Å². The second kappa shape index (κ2) is 5.73. The molecule has 0 saturated heterocycles. The Morgan fingerprint density at radius 3 is 2.75 bits per heavy atom. The molecule has 0 heterocycles. The Morgan fingerprint density at radius 2 is 2.08 bits per heavy atom. The van der Waals surface area contributed by atoms with Crippen LogP contribution in [0.15, 0.2) is 17.1 Å². The zero-order chi connectivity index (χ0) is 8.65. The van der Waals surface area contributed by atoms with Crippen LogP contribution >= 0.6 is 0 Å². The van der Waals surface area contributed by atoms with Gasteiger partial charge in [-0.05, 0) is 18.8 Å². The summed E-state index contributed by atoms with van der Waals surface area (Å²) < 4.78 is 0. The van der Waals surface area contributed by atoms with Crippen molar-refractivity contribution >= 4 is 6.08 Å². The van der Waals surface area contributed by atoms with Gasteiger partial charge in [-0.3, -0.25) is 0 Å². The minimum atomic E-state index is 0.500. The third-order valence-corrected chi connectivity index (χ3v) is 2.32. The minimum Gasteiger partial charge on any atom is -0.211 e. The van der Waals surface area contributed by atoms with E-state index in [0.29, 0.717) is 6.54 Å². The Labute approximate surface area is 73.4 Å². The lowest BCUT2D eigenvalue weighted by atomic mass is 9.89. The normalized spacial score (nSPS) is 19.3. The molecule has 0 spiro atoms. The molecule has 0 aromatic heterocycles. The number of isocyanates is 1. The average molecular weight is 165 g/mol. The summed E-state index contributed by atoms with van der Waals surface area (Å²) in [6.07, 6.45) is 12.4. The molecule has 0 unspecified atom stereocenters. The van der Waals surface area contributed by atoms with Crippen molar-refractivity contribution in [3.63, 3.8) is 0 Å². The van der Waals surface area contributed by atoms with Crippen molar-refractivity contribution in [2.24, 2.45) is 10.9 Å². The fourth-order valence-electron chi connectivity index (χ4n) is 1.67. The van der Waals surface area contributed by atoms with Crippen LogP contribution in [0.5, 0.6) is 0 Å². The van der Waals surface area contributed by atoms with Crippen molar-refractivity contribution in [2.75, 3.05) is 6.54 Å². The highest BCUT2D eigenvalue weighted by Crippen LogP contribution is 2.24. The summed E-state index contributed by atoms with van der Waals surface area (Å²) in [5, 5.41) is 0. The topological polar surface area (TPSA) is 29.4 Å². The lowest BCUT2D eigenvalue weighted by molar-refractivity contribution is 0.419. The maximum Gasteiger partial charge on any atom is 0.235 e. The maximum atomic E-state index is 9.73. The molecule has 0 aliphatic heterocycles. The summed E-state index contributed by atoms with van der Waals surface area (Å²) in [5.74, 6) is 0.737. The molecule has 0 aromatic rings. The number of allylic oxidation sites excluding steroid dienone is 1. The highest BCUT2D eigenvalue weighted by molar-refractivity contribution is 5.33. The van der Waals surface area contributed by atoms with Crippen molar-refractivity contribution in [3.8, 4) is 0 Å². The molecule has 1 saturated carbocycles. The lowest BCUT2D eigenvalue weighted by Gasteiger charge is -2.17. The van der Waals surface area contributed by atoms with Crippen molar-refractivity contribution < 1.29 is 4.79 Å². The monoisotopic (exact) mass is 165 g/mol. The molecule has 0 atom stereocenters. The summed E-state index contributed by atoms with van der Waals surface area (Å²) in [6, 6.07) is 0. The number of hydrogen-bond donors (Lipinski definition) is 0. The van der Waals surface area contributed by atoms with Gasteiger partial charge in [0.1, 0.15) is 0 Å². The van der Waals surface area contributed by atoms with Crippen LogP contribution in [0, 0.1) is 5.92 Å². The third kappa shape index (κ3) is 3.49. The largest absolute Gasteiger partial charge is 0.235 e. The van der Waals surface area contributed by atoms with E-state index in [2.05, 4.69) is 11.1 Å². The van der Waals surface area contributed by atoms with E-state index in [4.69, 9.17) is 0 Å². The molecule has 1 fully saturated rings. The second-order valence-electron chi connectivity index (χ2n) is 3.26. The molecule has 12 heavy (non-hydrogen) atoms. The third-order valence-electron chi connectivity index (χ3n) is 2.32. The minimum absolute atomic E-state index is 0.500. The van der Waals surface area contributed by atoms with E-state index >= 15 is 0 Å². The van der Waals surface area contributed by atoms with Gasteiger partial charge in [-0.25, -0.2) is 9.79 Å². The Kier molecular flexibility index (Phi) is 4.40. The molecular formula is C10H15NO. The van der Waals surface area contributed by atoms with Gasteiger partial charge in [-0.1, -0.05) is 31.4 Å². The summed E-state index contributed by atoms with van der Waals surface area (Å²) in [5.41, 5.74) is 0. The average Bonchev–Trinajstić information content (AvgIpc) is 2.14. The van der Waals surface area contributed by atoms with E-state index in [-0.39, 0.29) is 0 Å². The smallest absolute Gasteiger partial charge is 0.211 e. The molecule has 0 bridgehead atoms. The summed E-state index contributed by atoms with van der Waals surface area (Å²) in [6.45, 7) is 0.500. The van der Waals surface area contributed by atoms with E-state index in [9.17, 15) is 4.79 Å². The lowest BCUT2D eigenvalue weighted by Crippen LogP contribution is -2.02. The molecule has 66 valence electrons. The standard InChI is InChI=1S/C10H15NO/c12-9-11-8-4-7-10-5-2-1-3-6-10/h4,7,10H,1-3,5-6,8H2/b7-4-. The van der Waals surface area contributed by atoms with Crippen LogP contribution in [0.1, 0.15) is 32.1 Å². The first-order valence-corrected chi connectivity index (χ1v) is 4.64. The van der Waals surface area contributed by atoms with Gasteiger partial charge in [0.25, 0.3) is 0 Å². The number of aliphatic imine (C=N–C) groups is 1. The van der Waals surface area contributed by atoms with E-state index < -0.39 is 0 Å². The Bertz CT molecular complexity index is 186.